The fourth-order valence-electron chi connectivity index (χ4n) is 0.772. The van der Waals surface area contributed by atoms with E-state index in [1.54, 1.807) is 22.6 Å². The van der Waals surface area contributed by atoms with Crippen molar-refractivity contribution in [2.45, 2.75) is 13.3 Å². The summed E-state index contributed by atoms with van der Waals surface area (Å²) in [6.07, 6.45) is -3.85. The van der Waals surface area contributed by atoms with E-state index >= 15 is 0 Å². The zero-order valence-electron chi connectivity index (χ0n) is 6.89. The predicted octanol–water partition coefficient (Wildman–Crippen LogP) is 2.60. The van der Waals surface area contributed by atoms with E-state index in [1.807, 2.05) is 0 Å². The maximum atomic E-state index is 11.8. The lowest BCUT2D eigenvalue weighted by Crippen LogP contribution is -2.18. The van der Waals surface area contributed by atoms with Gasteiger partial charge in [-0.2, -0.15) is 0 Å². The number of rotatable bonds is 1. The van der Waals surface area contributed by atoms with E-state index in [-0.39, 0.29) is 14.9 Å². The van der Waals surface area contributed by atoms with Crippen LogP contribution in [0.4, 0.5) is 13.2 Å². The molecule has 1 aromatic rings. The van der Waals surface area contributed by atoms with Gasteiger partial charge in [0.2, 0.25) is 5.88 Å². The van der Waals surface area contributed by atoms with Crippen molar-refractivity contribution in [1.29, 1.82) is 0 Å². The van der Waals surface area contributed by atoms with Crippen LogP contribution in [0.5, 0.6) is 11.6 Å². The van der Waals surface area contributed by atoms with Gasteiger partial charge in [0.15, 0.2) is 0 Å². The lowest BCUT2D eigenvalue weighted by molar-refractivity contribution is -0.276. The average molecular weight is 319 g/mol. The number of nitrogens with zero attached hydrogens (tertiary/aromatic N) is 1. The molecule has 0 atom stereocenters. The van der Waals surface area contributed by atoms with Gasteiger partial charge < -0.3 is 9.84 Å². The summed E-state index contributed by atoms with van der Waals surface area (Å²) >= 11 is 1.71. The van der Waals surface area contributed by atoms with E-state index in [1.165, 1.54) is 6.92 Å². The van der Waals surface area contributed by atoms with Crippen molar-refractivity contribution in [3.8, 4) is 11.6 Å². The van der Waals surface area contributed by atoms with Gasteiger partial charge >= 0.3 is 6.36 Å². The molecule has 0 fully saturated rings. The highest BCUT2D eigenvalue weighted by molar-refractivity contribution is 14.1. The SMILES string of the molecule is Cc1c(OC(F)(F)F)ncc(O)c1I. The molecule has 14 heavy (non-hydrogen) atoms. The maximum absolute atomic E-state index is 11.8. The highest BCUT2D eigenvalue weighted by Gasteiger charge is 2.32. The van der Waals surface area contributed by atoms with Crippen molar-refractivity contribution >= 4 is 22.6 Å². The molecule has 0 aromatic carbocycles. The number of alkyl halides is 3. The first-order valence-corrected chi connectivity index (χ1v) is 4.49. The van der Waals surface area contributed by atoms with Crippen molar-refractivity contribution in [1.82, 2.24) is 4.98 Å². The van der Waals surface area contributed by atoms with Gasteiger partial charge in [0, 0.05) is 5.56 Å². The van der Waals surface area contributed by atoms with Crippen LogP contribution in [0.25, 0.3) is 0 Å². The van der Waals surface area contributed by atoms with Crippen LogP contribution in [0, 0.1) is 10.5 Å². The van der Waals surface area contributed by atoms with E-state index in [0.29, 0.717) is 0 Å². The molecular formula is C7H5F3INO2. The molecule has 78 valence electrons. The normalized spacial score (nSPS) is 11.5. The van der Waals surface area contributed by atoms with Crippen molar-refractivity contribution in [2.75, 3.05) is 0 Å². The summed E-state index contributed by atoms with van der Waals surface area (Å²) in [7, 11) is 0. The zero-order chi connectivity index (χ0) is 10.9. The van der Waals surface area contributed by atoms with Gasteiger partial charge in [-0.3, -0.25) is 0 Å². The Balaban J connectivity index is 3.06. The van der Waals surface area contributed by atoms with Crippen LogP contribution in [-0.4, -0.2) is 16.5 Å². The Hall–Kier alpha value is -0.730. The van der Waals surface area contributed by atoms with Crippen molar-refractivity contribution < 1.29 is 23.0 Å². The molecule has 1 N–H and O–H groups in total. The van der Waals surface area contributed by atoms with Crippen LogP contribution >= 0.6 is 22.6 Å². The fraction of sp³-hybridized carbons (Fsp3) is 0.286. The Labute approximate surface area is 91.0 Å². The van der Waals surface area contributed by atoms with Gasteiger partial charge in [-0.1, -0.05) is 0 Å². The van der Waals surface area contributed by atoms with Crippen LogP contribution in [0.1, 0.15) is 5.56 Å². The molecular weight excluding hydrogens is 314 g/mol. The van der Waals surface area contributed by atoms with Crippen LogP contribution in [0.3, 0.4) is 0 Å². The molecule has 0 aliphatic rings. The third kappa shape index (κ3) is 2.63. The summed E-state index contributed by atoms with van der Waals surface area (Å²) in [4.78, 5) is 3.33. The second kappa shape index (κ2) is 3.79. The summed E-state index contributed by atoms with van der Waals surface area (Å²) in [5, 5.41) is 9.12. The molecule has 1 rings (SSSR count). The van der Waals surface area contributed by atoms with Crippen LogP contribution in [0.15, 0.2) is 6.20 Å². The standard InChI is InChI=1S/C7H5F3INO2/c1-3-5(11)4(13)2-12-6(3)14-7(8,9)10/h2,13H,1H3. The summed E-state index contributed by atoms with van der Waals surface area (Å²) < 4.78 is 39.4. The highest BCUT2D eigenvalue weighted by atomic mass is 127. The minimum atomic E-state index is -4.77. The van der Waals surface area contributed by atoms with Crippen LogP contribution < -0.4 is 4.74 Å². The summed E-state index contributed by atoms with van der Waals surface area (Å²) in [6, 6.07) is 0. The topological polar surface area (TPSA) is 42.4 Å². The lowest BCUT2D eigenvalue weighted by Gasteiger charge is -2.11. The Bertz CT molecular complexity index is 354. The smallest absolute Gasteiger partial charge is 0.505 e. The Morgan fingerprint density at radius 1 is 1.50 bits per heavy atom. The number of pyridine rings is 1. The van der Waals surface area contributed by atoms with Crippen molar-refractivity contribution in [3.63, 3.8) is 0 Å². The lowest BCUT2D eigenvalue weighted by atomic mass is 10.3. The number of hydrogen-bond acceptors (Lipinski definition) is 3. The first kappa shape index (κ1) is 11.3. The third-order valence-electron chi connectivity index (χ3n) is 1.39. The molecule has 0 unspecified atom stereocenters. The predicted molar refractivity (Wildman–Crippen MR) is 50.0 cm³/mol. The van der Waals surface area contributed by atoms with E-state index < -0.39 is 12.2 Å². The number of aromatic hydroxyl groups is 1. The van der Waals surface area contributed by atoms with E-state index in [9.17, 15) is 13.2 Å². The first-order valence-electron chi connectivity index (χ1n) is 3.41. The molecule has 0 saturated heterocycles. The van der Waals surface area contributed by atoms with Crippen molar-refractivity contribution in [2.24, 2.45) is 0 Å². The molecule has 0 bridgehead atoms. The van der Waals surface area contributed by atoms with Gasteiger partial charge in [0.05, 0.1) is 9.77 Å². The Morgan fingerprint density at radius 2 is 2.07 bits per heavy atom. The van der Waals surface area contributed by atoms with Gasteiger partial charge in [-0.05, 0) is 29.5 Å². The molecule has 0 amide bonds. The van der Waals surface area contributed by atoms with Crippen molar-refractivity contribution in [3.05, 3.63) is 15.3 Å². The Kier molecular flexibility index (Phi) is 3.07. The molecule has 0 aliphatic carbocycles. The number of ether oxygens (including phenoxy) is 1. The monoisotopic (exact) mass is 319 g/mol. The number of aromatic nitrogens is 1. The Morgan fingerprint density at radius 3 is 2.57 bits per heavy atom. The molecule has 0 saturated carbocycles. The molecule has 1 heterocycles. The molecule has 0 spiro atoms. The van der Waals surface area contributed by atoms with Gasteiger partial charge in [-0.15, -0.1) is 13.2 Å². The van der Waals surface area contributed by atoms with Gasteiger partial charge in [0.25, 0.3) is 0 Å². The molecule has 0 aliphatic heterocycles. The summed E-state index contributed by atoms with van der Waals surface area (Å²) in [6.45, 7) is 1.38. The van der Waals surface area contributed by atoms with Crippen LogP contribution in [-0.2, 0) is 0 Å². The minimum absolute atomic E-state index is 0.155. The summed E-state index contributed by atoms with van der Waals surface area (Å²) in [5.41, 5.74) is 0.155. The molecule has 0 radical (unpaired) electrons. The summed E-state index contributed by atoms with van der Waals surface area (Å²) in [5.74, 6) is -0.711. The number of halogens is 4. The molecule has 1 aromatic heterocycles. The third-order valence-corrected chi connectivity index (χ3v) is 2.75. The average Bonchev–Trinajstić information content (AvgIpc) is 2.04. The first-order chi connectivity index (χ1) is 6.31. The fourth-order valence-corrected chi connectivity index (χ4v) is 1.14. The zero-order valence-corrected chi connectivity index (χ0v) is 9.05. The largest absolute Gasteiger partial charge is 0.574 e. The van der Waals surface area contributed by atoms with E-state index in [4.69, 9.17) is 5.11 Å². The highest BCUT2D eigenvalue weighted by Crippen LogP contribution is 2.30. The second-order valence-corrected chi connectivity index (χ2v) is 3.51. The quantitative estimate of drug-likeness (QED) is 0.809. The van der Waals surface area contributed by atoms with Crippen LogP contribution in [0.2, 0.25) is 0 Å². The second-order valence-electron chi connectivity index (χ2n) is 2.44. The molecule has 7 heteroatoms. The van der Waals surface area contributed by atoms with E-state index in [0.717, 1.165) is 6.20 Å². The van der Waals surface area contributed by atoms with Gasteiger partial charge in [0.1, 0.15) is 5.75 Å². The molecule has 3 nitrogen and oxygen atoms in total. The van der Waals surface area contributed by atoms with Gasteiger partial charge in [-0.25, -0.2) is 4.98 Å². The van der Waals surface area contributed by atoms with E-state index in [2.05, 4.69) is 9.72 Å². The maximum Gasteiger partial charge on any atom is 0.574 e. The number of hydrogen-bond donors (Lipinski definition) is 1. The minimum Gasteiger partial charge on any atom is -0.505 e.